The summed E-state index contributed by atoms with van der Waals surface area (Å²) in [5.74, 6) is -0.739. The molecular formula is C28H36N4O3. The van der Waals surface area contributed by atoms with Gasteiger partial charge in [-0.2, -0.15) is 0 Å². The first-order chi connectivity index (χ1) is 17.0. The first-order valence-electron chi connectivity index (χ1n) is 12.7. The van der Waals surface area contributed by atoms with Crippen molar-refractivity contribution in [3.05, 3.63) is 65.2 Å². The summed E-state index contributed by atoms with van der Waals surface area (Å²) in [6.45, 7) is 4.29. The van der Waals surface area contributed by atoms with Crippen molar-refractivity contribution in [2.75, 3.05) is 38.0 Å². The van der Waals surface area contributed by atoms with Gasteiger partial charge in [0.15, 0.2) is 0 Å². The third-order valence-corrected chi connectivity index (χ3v) is 6.99. The van der Waals surface area contributed by atoms with Crippen LogP contribution in [-0.4, -0.2) is 55.3 Å². The molecule has 2 aromatic rings. The third-order valence-electron chi connectivity index (χ3n) is 6.99. The molecule has 7 nitrogen and oxygen atoms in total. The second-order valence-corrected chi connectivity index (χ2v) is 9.73. The highest BCUT2D eigenvalue weighted by Crippen LogP contribution is 2.27. The first-order valence-corrected chi connectivity index (χ1v) is 12.7. The molecule has 1 fully saturated rings. The van der Waals surface area contributed by atoms with Crippen LogP contribution in [0.4, 0.5) is 5.69 Å². The summed E-state index contributed by atoms with van der Waals surface area (Å²) in [4.78, 5) is 39.5. The summed E-state index contributed by atoms with van der Waals surface area (Å²) in [7, 11) is 0. The molecule has 7 heteroatoms. The van der Waals surface area contributed by atoms with Crippen molar-refractivity contribution in [1.29, 1.82) is 0 Å². The lowest BCUT2D eigenvalue weighted by Crippen LogP contribution is -2.50. The molecule has 1 heterocycles. The van der Waals surface area contributed by atoms with E-state index in [-0.39, 0.29) is 29.6 Å². The smallest absolute Gasteiger partial charge is 0.228 e. The van der Waals surface area contributed by atoms with Crippen LogP contribution in [0.1, 0.15) is 36.5 Å². The van der Waals surface area contributed by atoms with Gasteiger partial charge in [0.25, 0.3) is 0 Å². The maximum atomic E-state index is 13.3. The number of fused-ring (bicyclic) bond motifs is 1. The van der Waals surface area contributed by atoms with Crippen molar-refractivity contribution in [2.45, 2.75) is 39.0 Å². The van der Waals surface area contributed by atoms with E-state index in [9.17, 15) is 14.4 Å². The largest absolute Gasteiger partial charge is 0.355 e. The lowest BCUT2D eigenvalue weighted by molar-refractivity contribution is -0.130. The van der Waals surface area contributed by atoms with E-state index in [0.29, 0.717) is 32.6 Å². The Bertz CT molecular complexity index is 1040. The molecular weight excluding hydrogens is 440 g/mol. The van der Waals surface area contributed by atoms with Crippen LogP contribution in [0.2, 0.25) is 0 Å². The Hall–Kier alpha value is -3.19. The molecule has 0 aromatic heterocycles. The molecule has 0 spiro atoms. The molecule has 4 rings (SSSR count). The van der Waals surface area contributed by atoms with Gasteiger partial charge in [-0.1, -0.05) is 36.4 Å². The summed E-state index contributed by atoms with van der Waals surface area (Å²) < 4.78 is 0. The second kappa shape index (κ2) is 12.0. The zero-order chi connectivity index (χ0) is 24.6. The van der Waals surface area contributed by atoms with E-state index >= 15 is 0 Å². The van der Waals surface area contributed by atoms with Crippen molar-refractivity contribution >= 4 is 23.4 Å². The minimum Gasteiger partial charge on any atom is -0.355 e. The molecule has 1 aliphatic heterocycles. The molecule has 0 radical (unpaired) electrons. The van der Waals surface area contributed by atoms with Gasteiger partial charge in [-0.25, -0.2) is 0 Å². The zero-order valence-electron chi connectivity index (χ0n) is 20.5. The molecule has 0 bridgehead atoms. The molecule has 2 aliphatic rings. The third kappa shape index (κ3) is 7.15. The minimum absolute atomic E-state index is 0.0246. The van der Waals surface area contributed by atoms with Gasteiger partial charge in [-0.05, 0) is 60.9 Å². The van der Waals surface area contributed by atoms with E-state index < -0.39 is 0 Å². The lowest BCUT2D eigenvalue weighted by atomic mass is 9.87. The van der Waals surface area contributed by atoms with Gasteiger partial charge in [-0.15, -0.1) is 0 Å². The SMILES string of the molecule is CC(=O)NCCNC(=O)[C@H]1C[C@@H](C(=O)Nc2ccc3c(c2)CCC3)CN(CCc2ccccc2)C1. The summed E-state index contributed by atoms with van der Waals surface area (Å²) in [6.07, 6.45) is 4.74. The Morgan fingerprint density at radius 3 is 2.37 bits per heavy atom. The van der Waals surface area contributed by atoms with Crippen LogP contribution in [0.5, 0.6) is 0 Å². The van der Waals surface area contributed by atoms with Gasteiger partial charge in [0, 0.05) is 45.3 Å². The molecule has 1 saturated heterocycles. The number of amides is 3. The average molecular weight is 477 g/mol. The van der Waals surface area contributed by atoms with Crippen LogP contribution in [0.25, 0.3) is 0 Å². The van der Waals surface area contributed by atoms with E-state index in [0.717, 1.165) is 31.5 Å². The highest BCUT2D eigenvalue weighted by atomic mass is 16.2. The van der Waals surface area contributed by atoms with Gasteiger partial charge >= 0.3 is 0 Å². The Labute approximate surface area is 207 Å². The number of likely N-dealkylation sites (tertiary alicyclic amines) is 1. The number of carbonyl (C=O) groups is 3. The predicted molar refractivity (Wildman–Crippen MR) is 137 cm³/mol. The molecule has 35 heavy (non-hydrogen) atoms. The monoisotopic (exact) mass is 476 g/mol. The normalized spacial score (nSPS) is 19.6. The van der Waals surface area contributed by atoms with Crippen LogP contribution < -0.4 is 16.0 Å². The summed E-state index contributed by atoms with van der Waals surface area (Å²) in [5.41, 5.74) is 4.79. The number of hydrogen-bond acceptors (Lipinski definition) is 4. The van der Waals surface area contributed by atoms with Gasteiger partial charge in [0.1, 0.15) is 0 Å². The van der Waals surface area contributed by atoms with Gasteiger partial charge in [-0.3, -0.25) is 14.4 Å². The van der Waals surface area contributed by atoms with E-state index in [1.807, 2.05) is 24.3 Å². The first kappa shape index (κ1) is 24.9. The number of hydrogen-bond donors (Lipinski definition) is 3. The van der Waals surface area contributed by atoms with Crippen LogP contribution in [-0.2, 0) is 33.6 Å². The number of carbonyl (C=O) groups excluding carboxylic acids is 3. The Kier molecular flexibility index (Phi) is 8.53. The molecule has 186 valence electrons. The number of benzene rings is 2. The van der Waals surface area contributed by atoms with Crippen LogP contribution in [0, 0.1) is 11.8 Å². The van der Waals surface area contributed by atoms with Crippen LogP contribution in [0.15, 0.2) is 48.5 Å². The molecule has 2 aromatic carbocycles. The lowest BCUT2D eigenvalue weighted by Gasteiger charge is -2.36. The van der Waals surface area contributed by atoms with Crippen molar-refractivity contribution in [3.63, 3.8) is 0 Å². The summed E-state index contributed by atoms with van der Waals surface area (Å²) in [5, 5.41) is 8.74. The van der Waals surface area contributed by atoms with Crippen molar-refractivity contribution in [1.82, 2.24) is 15.5 Å². The molecule has 3 amide bonds. The fourth-order valence-electron chi connectivity index (χ4n) is 5.15. The number of nitrogens with one attached hydrogen (secondary N) is 3. The Balaban J connectivity index is 1.39. The van der Waals surface area contributed by atoms with Gasteiger partial charge in [0.2, 0.25) is 17.7 Å². The van der Waals surface area contributed by atoms with Crippen LogP contribution >= 0.6 is 0 Å². The Morgan fingerprint density at radius 2 is 1.60 bits per heavy atom. The van der Waals surface area contributed by atoms with Crippen molar-refractivity contribution in [3.8, 4) is 0 Å². The molecule has 0 unspecified atom stereocenters. The maximum absolute atomic E-state index is 13.3. The van der Waals surface area contributed by atoms with E-state index in [2.05, 4.69) is 45.1 Å². The molecule has 2 atom stereocenters. The summed E-state index contributed by atoms with van der Waals surface area (Å²) >= 11 is 0. The fraction of sp³-hybridized carbons (Fsp3) is 0.464. The van der Waals surface area contributed by atoms with E-state index in [4.69, 9.17) is 0 Å². The number of rotatable bonds is 9. The van der Waals surface area contributed by atoms with Crippen molar-refractivity contribution < 1.29 is 14.4 Å². The van der Waals surface area contributed by atoms with E-state index in [1.54, 1.807) is 0 Å². The van der Waals surface area contributed by atoms with Crippen molar-refractivity contribution in [2.24, 2.45) is 11.8 Å². The number of piperidine rings is 1. The predicted octanol–water partition coefficient (Wildman–Crippen LogP) is 2.55. The zero-order valence-corrected chi connectivity index (χ0v) is 20.5. The summed E-state index contributed by atoms with van der Waals surface area (Å²) in [6, 6.07) is 16.5. The number of nitrogens with zero attached hydrogens (tertiary/aromatic N) is 1. The Morgan fingerprint density at radius 1 is 0.886 bits per heavy atom. The minimum atomic E-state index is -0.271. The van der Waals surface area contributed by atoms with E-state index in [1.165, 1.54) is 30.0 Å². The standard InChI is InChI=1S/C28H36N4O3/c1-20(33)29-13-14-30-27(34)24-16-25(19-32(18-24)15-12-21-6-3-2-4-7-21)28(35)31-26-11-10-22-8-5-9-23(22)17-26/h2-4,6-7,10-11,17,24-25H,5,8-9,12-16,18-19H2,1H3,(H,29,33)(H,30,34)(H,31,35)/t24-,25+/m0/s1. The topological polar surface area (TPSA) is 90.5 Å². The molecule has 0 saturated carbocycles. The second-order valence-electron chi connectivity index (χ2n) is 9.73. The highest BCUT2D eigenvalue weighted by molar-refractivity contribution is 5.93. The average Bonchev–Trinajstić information content (AvgIpc) is 3.33. The van der Waals surface area contributed by atoms with Gasteiger partial charge < -0.3 is 20.9 Å². The van der Waals surface area contributed by atoms with Gasteiger partial charge in [0.05, 0.1) is 11.8 Å². The fourth-order valence-corrected chi connectivity index (χ4v) is 5.15. The number of anilines is 1. The quantitative estimate of drug-likeness (QED) is 0.485. The maximum Gasteiger partial charge on any atom is 0.228 e. The highest BCUT2D eigenvalue weighted by Gasteiger charge is 2.35. The molecule has 1 aliphatic carbocycles. The number of aryl methyl sites for hydroxylation is 2. The van der Waals surface area contributed by atoms with Crippen LogP contribution in [0.3, 0.4) is 0 Å². The molecule has 3 N–H and O–H groups in total.